The van der Waals surface area contributed by atoms with Crippen molar-refractivity contribution in [3.63, 3.8) is 0 Å². The van der Waals surface area contributed by atoms with Crippen molar-refractivity contribution in [2.24, 2.45) is 0 Å². The van der Waals surface area contributed by atoms with Gasteiger partial charge in [0.25, 0.3) is 0 Å². The van der Waals surface area contributed by atoms with Crippen LogP contribution in [-0.2, 0) is 5.75 Å². The molecule has 0 aliphatic rings. The lowest BCUT2D eigenvalue weighted by Gasteiger charge is -2.07. The molecule has 0 aliphatic heterocycles. The molecule has 2 aromatic heterocycles. The summed E-state index contributed by atoms with van der Waals surface area (Å²) in [5, 5.41) is 12.9. The van der Waals surface area contributed by atoms with Gasteiger partial charge >= 0.3 is 0 Å². The second-order valence-electron chi connectivity index (χ2n) is 5.15. The Labute approximate surface area is 138 Å². The highest BCUT2D eigenvalue weighted by Crippen LogP contribution is 2.25. The largest absolute Gasteiger partial charge is 0.497 e. The molecule has 0 radical (unpaired) electrons. The molecule has 0 fully saturated rings. The van der Waals surface area contributed by atoms with Crippen LogP contribution < -0.4 is 4.74 Å². The lowest BCUT2D eigenvalue weighted by molar-refractivity contribution is 0.391. The minimum absolute atomic E-state index is 0.308. The van der Waals surface area contributed by atoms with Crippen molar-refractivity contribution in [2.45, 2.75) is 30.8 Å². The number of nitrogens with zero attached hydrogens (tertiary/aromatic N) is 5. The molecule has 0 N–H and O–H groups in total. The first kappa shape index (κ1) is 15.5. The SMILES string of the molecule is COc1cccc(-c2noc(CSc3nncn3C(C)C)n2)c1. The maximum absolute atomic E-state index is 5.31. The first-order valence-corrected chi connectivity index (χ1v) is 8.15. The average molecular weight is 331 g/mol. The molecule has 0 atom stereocenters. The lowest BCUT2D eigenvalue weighted by Crippen LogP contribution is -2.00. The number of hydrogen-bond donors (Lipinski definition) is 0. The van der Waals surface area contributed by atoms with Gasteiger partial charge in [-0.15, -0.1) is 10.2 Å². The van der Waals surface area contributed by atoms with Gasteiger partial charge in [-0.3, -0.25) is 0 Å². The fourth-order valence-electron chi connectivity index (χ4n) is 2.01. The minimum atomic E-state index is 0.308. The van der Waals surface area contributed by atoms with Gasteiger partial charge < -0.3 is 13.8 Å². The molecular formula is C15H17N5O2S. The fourth-order valence-corrected chi connectivity index (χ4v) is 2.89. The molecular weight excluding hydrogens is 314 g/mol. The van der Waals surface area contributed by atoms with Crippen LogP contribution in [0.2, 0.25) is 0 Å². The van der Waals surface area contributed by atoms with E-state index in [0.29, 0.717) is 23.5 Å². The molecule has 3 rings (SSSR count). The second kappa shape index (κ2) is 6.82. The summed E-state index contributed by atoms with van der Waals surface area (Å²) in [4.78, 5) is 4.42. The number of aromatic nitrogens is 5. The molecule has 2 heterocycles. The number of hydrogen-bond acceptors (Lipinski definition) is 7. The second-order valence-corrected chi connectivity index (χ2v) is 6.09. The molecule has 3 aromatic rings. The van der Waals surface area contributed by atoms with Crippen molar-refractivity contribution in [1.82, 2.24) is 24.9 Å². The third-order valence-corrected chi connectivity index (χ3v) is 4.16. The highest BCUT2D eigenvalue weighted by molar-refractivity contribution is 7.98. The van der Waals surface area contributed by atoms with E-state index in [1.54, 1.807) is 13.4 Å². The molecule has 7 nitrogen and oxygen atoms in total. The smallest absolute Gasteiger partial charge is 0.237 e. The Balaban J connectivity index is 1.71. The summed E-state index contributed by atoms with van der Waals surface area (Å²) in [6.45, 7) is 4.17. The van der Waals surface area contributed by atoms with Crippen molar-refractivity contribution in [3.05, 3.63) is 36.5 Å². The number of rotatable bonds is 6. The first-order chi connectivity index (χ1) is 11.2. The maximum Gasteiger partial charge on any atom is 0.237 e. The standard InChI is InChI=1S/C15H17N5O2S/c1-10(2)20-9-16-18-15(20)23-8-13-17-14(19-22-13)11-5-4-6-12(7-11)21-3/h4-7,9-10H,8H2,1-3H3. The molecule has 0 unspecified atom stereocenters. The molecule has 23 heavy (non-hydrogen) atoms. The van der Waals surface area contributed by atoms with E-state index < -0.39 is 0 Å². The predicted molar refractivity (Wildman–Crippen MR) is 86.3 cm³/mol. The van der Waals surface area contributed by atoms with Crippen LogP contribution in [0.15, 0.2) is 40.3 Å². The van der Waals surface area contributed by atoms with Crippen LogP contribution >= 0.6 is 11.8 Å². The summed E-state index contributed by atoms with van der Waals surface area (Å²) < 4.78 is 12.5. The van der Waals surface area contributed by atoms with Crippen molar-refractivity contribution in [1.29, 1.82) is 0 Å². The Hall–Kier alpha value is -2.35. The number of ether oxygens (including phenoxy) is 1. The number of methoxy groups -OCH3 is 1. The van der Waals surface area contributed by atoms with E-state index in [-0.39, 0.29) is 0 Å². The van der Waals surface area contributed by atoms with Crippen LogP contribution in [-0.4, -0.2) is 32.0 Å². The van der Waals surface area contributed by atoms with Crippen LogP contribution in [0.1, 0.15) is 25.8 Å². The van der Waals surface area contributed by atoms with E-state index in [1.165, 1.54) is 11.8 Å². The van der Waals surface area contributed by atoms with Crippen molar-refractivity contribution in [3.8, 4) is 17.1 Å². The zero-order chi connectivity index (χ0) is 16.2. The van der Waals surface area contributed by atoms with E-state index in [1.807, 2.05) is 28.8 Å². The molecule has 120 valence electrons. The van der Waals surface area contributed by atoms with Gasteiger partial charge in [0.05, 0.1) is 12.9 Å². The van der Waals surface area contributed by atoms with Gasteiger partial charge in [0.1, 0.15) is 12.1 Å². The number of benzene rings is 1. The van der Waals surface area contributed by atoms with Gasteiger partial charge in [-0.25, -0.2) is 0 Å². The Morgan fingerprint density at radius 1 is 1.35 bits per heavy atom. The van der Waals surface area contributed by atoms with Crippen LogP contribution in [0.25, 0.3) is 11.4 Å². The van der Waals surface area contributed by atoms with Gasteiger partial charge in [0.2, 0.25) is 11.7 Å². The molecule has 0 spiro atoms. The third-order valence-electron chi connectivity index (χ3n) is 3.22. The molecule has 0 saturated heterocycles. The zero-order valence-corrected chi connectivity index (χ0v) is 13.9. The van der Waals surface area contributed by atoms with Gasteiger partial charge in [-0.05, 0) is 26.0 Å². The fraction of sp³-hybridized carbons (Fsp3) is 0.333. The maximum atomic E-state index is 5.31. The number of thioether (sulfide) groups is 1. The van der Waals surface area contributed by atoms with Gasteiger partial charge in [0, 0.05) is 11.6 Å². The summed E-state index contributed by atoms with van der Waals surface area (Å²) in [6.07, 6.45) is 1.72. The van der Waals surface area contributed by atoms with Gasteiger partial charge in [0.15, 0.2) is 5.16 Å². The molecule has 0 bridgehead atoms. The topological polar surface area (TPSA) is 78.9 Å². The lowest BCUT2D eigenvalue weighted by atomic mass is 10.2. The monoisotopic (exact) mass is 331 g/mol. The molecule has 0 aliphatic carbocycles. The van der Waals surface area contributed by atoms with E-state index >= 15 is 0 Å². The highest BCUT2D eigenvalue weighted by atomic mass is 32.2. The van der Waals surface area contributed by atoms with Crippen molar-refractivity contribution in [2.75, 3.05) is 7.11 Å². The Morgan fingerprint density at radius 2 is 2.22 bits per heavy atom. The van der Waals surface area contributed by atoms with Crippen LogP contribution in [0.5, 0.6) is 5.75 Å². The van der Waals surface area contributed by atoms with Crippen LogP contribution in [0, 0.1) is 0 Å². The predicted octanol–water partition coefficient (Wildman–Crippen LogP) is 3.21. The van der Waals surface area contributed by atoms with Crippen LogP contribution in [0.4, 0.5) is 0 Å². The Bertz CT molecular complexity index is 784. The zero-order valence-electron chi connectivity index (χ0n) is 13.1. The van der Waals surface area contributed by atoms with E-state index in [0.717, 1.165) is 16.5 Å². The summed E-state index contributed by atoms with van der Waals surface area (Å²) >= 11 is 1.52. The summed E-state index contributed by atoms with van der Waals surface area (Å²) in [7, 11) is 1.63. The molecule has 1 aromatic carbocycles. The van der Waals surface area contributed by atoms with Crippen LogP contribution in [0.3, 0.4) is 0 Å². The normalized spacial score (nSPS) is 11.1. The molecule has 8 heteroatoms. The van der Waals surface area contributed by atoms with E-state index in [9.17, 15) is 0 Å². The minimum Gasteiger partial charge on any atom is -0.497 e. The first-order valence-electron chi connectivity index (χ1n) is 7.16. The molecule has 0 amide bonds. The van der Waals surface area contributed by atoms with E-state index in [4.69, 9.17) is 9.26 Å². The van der Waals surface area contributed by atoms with E-state index in [2.05, 4.69) is 34.2 Å². The summed E-state index contributed by atoms with van der Waals surface area (Å²) in [5.74, 6) is 2.40. The van der Waals surface area contributed by atoms with Gasteiger partial charge in [-0.2, -0.15) is 4.98 Å². The Kier molecular flexibility index (Phi) is 4.61. The Morgan fingerprint density at radius 3 is 3.00 bits per heavy atom. The van der Waals surface area contributed by atoms with Crippen molar-refractivity contribution < 1.29 is 9.26 Å². The van der Waals surface area contributed by atoms with Gasteiger partial charge in [-0.1, -0.05) is 29.1 Å². The van der Waals surface area contributed by atoms with Crippen molar-refractivity contribution >= 4 is 11.8 Å². The third kappa shape index (κ3) is 3.53. The summed E-state index contributed by atoms with van der Waals surface area (Å²) in [6, 6.07) is 7.86. The highest BCUT2D eigenvalue weighted by Gasteiger charge is 2.13. The quantitative estimate of drug-likeness (QED) is 0.642. The molecule has 0 saturated carbocycles. The summed E-state index contributed by atoms with van der Waals surface area (Å²) in [5.41, 5.74) is 0.856. The average Bonchev–Trinajstić information content (AvgIpc) is 3.22.